The Hall–Kier alpha value is -3.06. The fourth-order valence-electron chi connectivity index (χ4n) is 3.78. The first-order valence-electron chi connectivity index (χ1n) is 9.04. The second-order valence-electron chi connectivity index (χ2n) is 7.07. The molecule has 0 unspecified atom stereocenters. The summed E-state index contributed by atoms with van der Waals surface area (Å²) in [5.41, 5.74) is 4.02. The first kappa shape index (κ1) is 16.1. The lowest BCUT2D eigenvalue weighted by Gasteiger charge is -2.26. The number of aromatic amines is 1. The predicted octanol–water partition coefficient (Wildman–Crippen LogP) is 3.05. The zero-order chi connectivity index (χ0) is 18.5. The van der Waals surface area contributed by atoms with Gasteiger partial charge in [-0.2, -0.15) is 0 Å². The Morgan fingerprint density at radius 1 is 1.26 bits per heavy atom. The van der Waals surface area contributed by atoms with Crippen molar-refractivity contribution in [3.63, 3.8) is 0 Å². The summed E-state index contributed by atoms with van der Waals surface area (Å²) < 4.78 is 12.6. The number of aryl methyl sites for hydroxylation is 2. The molecular weight excluding hydrogens is 344 g/mol. The van der Waals surface area contributed by atoms with Gasteiger partial charge in [0.1, 0.15) is 17.3 Å². The summed E-state index contributed by atoms with van der Waals surface area (Å²) >= 11 is 0. The van der Waals surface area contributed by atoms with E-state index in [4.69, 9.17) is 13.8 Å². The van der Waals surface area contributed by atoms with Crippen LogP contribution in [0.5, 0.6) is 0 Å². The Morgan fingerprint density at radius 3 is 2.89 bits per heavy atom. The topological polar surface area (TPSA) is 79.7 Å². The molecule has 0 aromatic carbocycles. The second kappa shape index (κ2) is 5.99. The van der Waals surface area contributed by atoms with E-state index in [2.05, 4.69) is 10.00 Å². The lowest BCUT2D eigenvalue weighted by atomic mass is 10.1. The van der Waals surface area contributed by atoms with Crippen LogP contribution in [0, 0.1) is 13.8 Å². The molecule has 0 saturated carbocycles. The van der Waals surface area contributed by atoms with E-state index >= 15 is 0 Å². The van der Waals surface area contributed by atoms with Crippen LogP contribution in [0.25, 0.3) is 16.9 Å². The van der Waals surface area contributed by atoms with Crippen molar-refractivity contribution in [2.75, 3.05) is 6.54 Å². The molecule has 0 bridgehead atoms. The average Bonchev–Trinajstić information content (AvgIpc) is 3.35. The average molecular weight is 364 g/mol. The van der Waals surface area contributed by atoms with Gasteiger partial charge in [0.15, 0.2) is 5.65 Å². The predicted molar refractivity (Wildman–Crippen MR) is 99.5 cm³/mol. The fourth-order valence-corrected chi connectivity index (χ4v) is 3.78. The third-order valence-electron chi connectivity index (χ3n) is 5.17. The summed E-state index contributed by atoms with van der Waals surface area (Å²) in [6.45, 7) is 6.02. The highest BCUT2D eigenvalue weighted by Gasteiger charge is 2.23. The maximum atomic E-state index is 12.9. The second-order valence-corrected chi connectivity index (χ2v) is 7.07. The standard InChI is InChI=1S/C20H20N4O3/c1-12-3-4-14(27-12)10-23-7-5-16-18(11-23)21-19-9-17(22-24(19)20(16)25)15-6-8-26-13(15)2/h3-4,6,8-9,22H,5,7,10-11H2,1-2H3. The van der Waals surface area contributed by atoms with Gasteiger partial charge in [0.2, 0.25) is 0 Å². The van der Waals surface area contributed by atoms with Crippen LogP contribution >= 0.6 is 0 Å². The highest BCUT2D eigenvalue weighted by Crippen LogP contribution is 2.24. The van der Waals surface area contributed by atoms with E-state index in [1.54, 1.807) is 6.26 Å². The van der Waals surface area contributed by atoms with E-state index in [-0.39, 0.29) is 5.56 Å². The number of nitrogens with one attached hydrogen (secondary N) is 1. The van der Waals surface area contributed by atoms with E-state index in [0.29, 0.717) is 18.6 Å². The van der Waals surface area contributed by atoms with Crippen LogP contribution in [0.4, 0.5) is 0 Å². The van der Waals surface area contributed by atoms with Crippen LogP contribution < -0.4 is 5.56 Å². The Labute approximate surface area is 155 Å². The lowest BCUT2D eigenvalue weighted by Crippen LogP contribution is -2.35. The Morgan fingerprint density at radius 2 is 2.15 bits per heavy atom. The van der Waals surface area contributed by atoms with Gasteiger partial charge in [-0.25, -0.2) is 9.50 Å². The molecule has 1 N–H and O–H groups in total. The summed E-state index contributed by atoms with van der Waals surface area (Å²) in [6.07, 6.45) is 2.33. The lowest BCUT2D eigenvalue weighted by molar-refractivity contribution is 0.220. The number of nitrogens with zero attached hydrogens (tertiary/aromatic N) is 3. The van der Waals surface area contributed by atoms with Gasteiger partial charge in [-0.05, 0) is 38.5 Å². The molecule has 0 aliphatic carbocycles. The SMILES string of the molecule is Cc1ccc(CN2CCc3c(nc4cc(-c5ccoc5C)[nH]n4c3=O)C2)o1. The monoisotopic (exact) mass is 364 g/mol. The molecule has 0 saturated heterocycles. The maximum Gasteiger partial charge on any atom is 0.276 e. The van der Waals surface area contributed by atoms with Crippen LogP contribution in [0.3, 0.4) is 0 Å². The van der Waals surface area contributed by atoms with E-state index in [0.717, 1.165) is 52.9 Å². The first-order chi connectivity index (χ1) is 13.1. The molecule has 0 radical (unpaired) electrons. The van der Waals surface area contributed by atoms with Crippen LogP contribution in [-0.2, 0) is 19.5 Å². The normalized spacial score (nSPS) is 14.7. The van der Waals surface area contributed by atoms with Crippen molar-refractivity contribution in [1.82, 2.24) is 19.5 Å². The summed E-state index contributed by atoms with van der Waals surface area (Å²) in [5, 5.41) is 3.16. The molecule has 5 rings (SSSR count). The molecule has 1 aliphatic rings. The van der Waals surface area contributed by atoms with Gasteiger partial charge in [-0.1, -0.05) is 0 Å². The van der Waals surface area contributed by atoms with Gasteiger partial charge in [0.05, 0.1) is 24.2 Å². The smallest absolute Gasteiger partial charge is 0.276 e. The van der Waals surface area contributed by atoms with Gasteiger partial charge in [0.25, 0.3) is 5.56 Å². The molecule has 0 fully saturated rings. The zero-order valence-corrected chi connectivity index (χ0v) is 15.3. The van der Waals surface area contributed by atoms with Crippen molar-refractivity contribution >= 4 is 5.65 Å². The Kier molecular flexibility index (Phi) is 3.58. The molecule has 0 atom stereocenters. The number of hydrogen-bond donors (Lipinski definition) is 1. The molecule has 4 aromatic rings. The van der Waals surface area contributed by atoms with Crippen molar-refractivity contribution in [1.29, 1.82) is 0 Å². The number of H-pyrrole nitrogens is 1. The molecule has 5 heterocycles. The molecule has 138 valence electrons. The summed E-state index contributed by atoms with van der Waals surface area (Å²) in [5.74, 6) is 2.65. The molecule has 0 amide bonds. The first-order valence-corrected chi connectivity index (χ1v) is 9.04. The van der Waals surface area contributed by atoms with Crippen molar-refractivity contribution < 1.29 is 8.83 Å². The molecule has 7 nitrogen and oxygen atoms in total. The van der Waals surface area contributed by atoms with E-state index in [9.17, 15) is 4.79 Å². The van der Waals surface area contributed by atoms with E-state index in [1.165, 1.54) is 4.52 Å². The molecule has 4 aromatic heterocycles. The Bertz CT molecular complexity index is 1190. The van der Waals surface area contributed by atoms with E-state index < -0.39 is 0 Å². The minimum atomic E-state index is -0.0177. The summed E-state index contributed by atoms with van der Waals surface area (Å²) in [7, 11) is 0. The quantitative estimate of drug-likeness (QED) is 0.604. The molecule has 27 heavy (non-hydrogen) atoms. The number of aromatic nitrogens is 3. The molecule has 7 heteroatoms. The summed E-state index contributed by atoms with van der Waals surface area (Å²) in [4.78, 5) is 20.0. The third-order valence-corrected chi connectivity index (χ3v) is 5.17. The van der Waals surface area contributed by atoms with E-state index in [1.807, 2.05) is 38.1 Å². The molecule has 0 spiro atoms. The third kappa shape index (κ3) is 2.71. The highest BCUT2D eigenvalue weighted by atomic mass is 16.3. The van der Waals surface area contributed by atoms with Crippen molar-refractivity contribution in [2.24, 2.45) is 0 Å². The largest absolute Gasteiger partial charge is 0.469 e. The minimum Gasteiger partial charge on any atom is -0.469 e. The molecule has 1 aliphatic heterocycles. The highest BCUT2D eigenvalue weighted by molar-refractivity contribution is 5.65. The number of rotatable bonds is 3. The fraction of sp³-hybridized carbons (Fsp3) is 0.300. The number of furan rings is 2. The Balaban J connectivity index is 1.50. The number of hydrogen-bond acceptors (Lipinski definition) is 5. The van der Waals surface area contributed by atoms with Gasteiger partial charge < -0.3 is 8.83 Å². The van der Waals surface area contributed by atoms with Gasteiger partial charge in [-0.3, -0.25) is 14.8 Å². The minimum absolute atomic E-state index is 0.0177. The van der Waals surface area contributed by atoms with Crippen molar-refractivity contribution in [2.45, 2.75) is 33.4 Å². The number of fused-ring (bicyclic) bond motifs is 2. The molecular formula is C20H20N4O3. The van der Waals surface area contributed by atoms with Gasteiger partial charge in [-0.15, -0.1) is 0 Å². The van der Waals surface area contributed by atoms with Gasteiger partial charge in [0, 0.05) is 30.3 Å². The maximum absolute atomic E-state index is 12.9. The van der Waals surface area contributed by atoms with Crippen LogP contribution in [0.2, 0.25) is 0 Å². The van der Waals surface area contributed by atoms with Crippen LogP contribution in [0.15, 0.2) is 44.2 Å². The summed E-state index contributed by atoms with van der Waals surface area (Å²) in [6, 6.07) is 7.76. The van der Waals surface area contributed by atoms with Gasteiger partial charge >= 0.3 is 0 Å². The zero-order valence-electron chi connectivity index (χ0n) is 15.3. The van der Waals surface area contributed by atoms with Crippen LogP contribution in [-0.4, -0.2) is 26.0 Å². The van der Waals surface area contributed by atoms with Crippen LogP contribution in [0.1, 0.15) is 28.5 Å². The van der Waals surface area contributed by atoms with Crippen molar-refractivity contribution in [3.8, 4) is 11.3 Å². The van der Waals surface area contributed by atoms with Crippen molar-refractivity contribution in [3.05, 3.63) is 69.4 Å².